The average molecular weight is 337 g/mol. The molecule has 1 aliphatic rings. The Morgan fingerprint density at radius 2 is 1.78 bits per heavy atom. The van der Waals surface area contributed by atoms with Crippen molar-refractivity contribution in [3.05, 3.63) is 34.9 Å². The van der Waals surface area contributed by atoms with Crippen LogP contribution < -0.4 is 0 Å². The van der Waals surface area contributed by atoms with E-state index in [2.05, 4.69) is 4.90 Å². The highest BCUT2D eigenvalue weighted by molar-refractivity contribution is 6.34. The molecule has 0 spiro atoms. The van der Waals surface area contributed by atoms with Gasteiger partial charge in [0, 0.05) is 12.6 Å². The molecule has 1 amide bonds. The first-order valence-corrected chi connectivity index (χ1v) is 8.50. The van der Waals surface area contributed by atoms with Crippen molar-refractivity contribution in [2.24, 2.45) is 0 Å². The number of carbonyl (C=O) groups is 2. The number of piperidine rings is 1. The van der Waals surface area contributed by atoms with Gasteiger partial charge >= 0.3 is 0 Å². The van der Waals surface area contributed by atoms with Crippen LogP contribution in [0.1, 0.15) is 43.5 Å². The van der Waals surface area contributed by atoms with Gasteiger partial charge in [0.25, 0.3) is 0 Å². The van der Waals surface area contributed by atoms with Gasteiger partial charge in [0.2, 0.25) is 5.91 Å². The number of Topliss-reactive ketones (excluding diaryl/α,β-unsaturated/α-hetero) is 1. The van der Waals surface area contributed by atoms with E-state index in [4.69, 9.17) is 11.6 Å². The van der Waals surface area contributed by atoms with Gasteiger partial charge in [-0.25, -0.2) is 0 Å². The van der Waals surface area contributed by atoms with E-state index >= 15 is 0 Å². The Bertz CT molecular complexity index is 580. The molecule has 0 saturated carbocycles. The number of likely N-dealkylation sites (N-methyl/N-ethyl adjacent to an activating group) is 1. The molecule has 5 heteroatoms. The standard InChI is InChI=1S/C18H25ClN2O2/c1-18(2,17(23)14-9-5-6-10-15(14)19)20(3)16(22)13-21-11-7-4-8-12-21/h5-6,9-10H,4,7-8,11-13H2,1-3H3. The van der Waals surface area contributed by atoms with Crippen LogP contribution in [0.5, 0.6) is 0 Å². The second kappa shape index (κ2) is 7.45. The quantitative estimate of drug-likeness (QED) is 0.775. The number of rotatable bonds is 5. The predicted molar refractivity (Wildman–Crippen MR) is 92.9 cm³/mol. The molecule has 0 atom stereocenters. The van der Waals surface area contributed by atoms with Crippen molar-refractivity contribution >= 4 is 23.3 Å². The third-order valence-corrected chi connectivity index (χ3v) is 5.02. The summed E-state index contributed by atoms with van der Waals surface area (Å²) in [5.41, 5.74) is -0.477. The highest BCUT2D eigenvalue weighted by Gasteiger charge is 2.37. The summed E-state index contributed by atoms with van der Waals surface area (Å²) in [6.45, 7) is 5.83. The summed E-state index contributed by atoms with van der Waals surface area (Å²) in [5, 5.41) is 0.419. The van der Waals surface area contributed by atoms with E-state index in [1.165, 1.54) is 6.42 Å². The average Bonchev–Trinajstić information content (AvgIpc) is 2.54. The molecule has 0 aliphatic carbocycles. The fourth-order valence-corrected chi connectivity index (χ4v) is 3.08. The highest BCUT2D eigenvalue weighted by Crippen LogP contribution is 2.24. The minimum atomic E-state index is -0.933. The number of carbonyl (C=O) groups excluding carboxylic acids is 2. The van der Waals surface area contributed by atoms with Crippen molar-refractivity contribution in [1.82, 2.24) is 9.80 Å². The van der Waals surface area contributed by atoms with Gasteiger partial charge in [-0.05, 0) is 51.9 Å². The van der Waals surface area contributed by atoms with Crippen molar-refractivity contribution in [1.29, 1.82) is 0 Å². The van der Waals surface area contributed by atoms with Crippen LogP contribution in [0.25, 0.3) is 0 Å². The Morgan fingerprint density at radius 3 is 2.39 bits per heavy atom. The number of ketones is 1. The van der Waals surface area contributed by atoms with E-state index in [0.717, 1.165) is 25.9 Å². The van der Waals surface area contributed by atoms with Gasteiger partial charge < -0.3 is 4.90 Å². The minimum absolute atomic E-state index is 0.0303. The van der Waals surface area contributed by atoms with Gasteiger partial charge in [-0.15, -0.1) is 0 Å². The van der Waals surface area contributed by atoms with Crippen LogP contribution in [0.15, 0.2) is 24.3 Å². The number of amides is 1. The molecular formula is C18H25ClN2O2. The van der Waals surface area contributed by atoms with Gasteiger partial charge in [-0.3, -0.25) is 14.5 Å². The molecule has 1 aliphatic heterocycles. The van der Waals surface area contributed by atoms with E-state index in [0.29, 0.717) is 17.1 Å². The maximum Gasteiger partial charge on any atom is 0.237 e. The van der Waals surface area contributed by atoms with Crippen LogP contribution in [-0.2, 0) is 4.79 Å². The lowest BCUT2D eigenvalue weighted by molar-refractivity contribution is -0.134. The topological polar surface area (TPSA) is 40.6 Å². The second-order valence-electron chi connectivity index (χ2n) is 6.66. The molecule has 126 valence electrons. The summed E-state index contributed by atoms with van der Waals surface area (Å²) in [7, 11) is 1.70. The van der Waals surface area contributed by atoms with Gasteiger partial charge in [0.1, 0.15) is 5.54 Å². The number of benzene rings is 1. The van der Waals surface area contributed by atoms with E-state index in [1.54, 1.807) is 50.1 Å². The molecule has 1 aromatic carbocycles. The van der Waals surface area contributed by atoms with E-state index in [1.807, 2.05) is 0 Å². The molecule has 0 unspecified atom stereocenters. The smallest absolute Gasteiger partial charge is 0.237 e. The van der Waals surface area contributed by atoms with E-state index < -0.39 is 5.54 Å². The van der Waals surface area contributed by atoms with Crippen LogP contribution in [0.2, 0.25) is 5.02 Å². The molecule has 1 aromatic rings. The van der Waals surface area contributed by atoms with Gasteiger partial charge in [0.05, 0.1) is 11.6 Å². The van der Waals surface area contributed by atoms with Crippen LogP contribution in [0.4, 0.5) is 0 Å². The maximum atomic E-state index is 12.8. The summed E-state index contributed by atoms with van der Waals surface area (Å²) in [6, 6.07) is 6.97. The molecule has 0 radical (unpaired) electrons. The number of likely N-dealkylation sites (tertiary alicyclic amines) is 1. The fourth-order valence-electron chi connectivity index (χ4n) is 2.85. The van der Waals surface area contributed by atoms with Gasteiger partial charge in [-0.1, -0.05) is 30.2 Å². The summed E-state index contributed by atoms with van der Waals surface area (Å²) in [5.74, 6) is -0.171. The summed E-state index contributed by atoms with van der Waals surface area (Å²) >= 11 is 6.13. The largest absolute Gasteiger partial charge is 0.332 e. The lowest BCUT2D eigenvalue weighted by Crippen LogP contribution is -2.53. The zero-order chi connectivity index (χ0) is 17.0. The molecule has 2 rings (SSSR count). The zero-order valence-electron chi connectivity index (χ0n) is 14.1. The molecule has 0 aromatic heterocycles. The molecule has 1 heterocycles. The number of hydrogen-bond donors (Lipinski definition) is 0. The van der Waals surface area contributed by atoms with Crippen LogP contribution in [0, 0.1) is 0 Å². The highest BCUT2D eigenvalue weighted by atomic mass is 35.5. The van der Waals surface area contributed by atoms with Crippen LogP contribution in [0.3, 0.4) is 0 Å². The monoisotopic (exact) mass is 336 g/mol. The molecule has 0 N–H and O–H groups in total. The summed E-state index contributed by atoms with van der Waals surface area (Å²) in [4.78, 5) is 29.1. The Balaban J connectivity index is 2.09. The van der Waals surface area contributed by atoms with Crippen LogP contribution in [-0.4, -0.2) is 53.7 Å². The lowest BCUT2D eigenvalue weighted by Gasteiger charge is -2.36. The number of nitrogens with zero attached hydrogens (tertiary/aromatic N) is 2. The Kier molecular flexibility index (Phi) is 5.82. The Hall–Kier alpha value is -1.39. The van der Waals surface area contributed by atoms with E-state index in [9.17, 15) is 9.59 Å². The summed E-state index contributed by atoms with van der Waals surface area (Å²) in [6.07, 6.45) is 3.51. The van der Waals surface area contributed by atoms with Crippen molar-refractivity contribution in [3.63, 3.8) is 0 Å². The molecule has 23 heavy (non-hydrogen) atoms. The fraction of sp³-hybridized carbons (Fsp3) is 0.556. The van der Waals surface area contributed by atoms with E-state index in [-0.39, 0.29) is 11.7 Å². The van der Waals surface area contributed by atoms with Crippen LogP contribution >= 0.6 is 11.6 Å². The SMILES string of the molecule is CN(C(=O)CN1CCCCC1)C(C)(C)C(=O)c1ccccc1Cl. The molecule has 0 bridgehead atoms. The third-order valence-electron chi connectivity index (χ3n) is 4.69. The number of hydrogen-bond acceptors (Lipinski definition) is 3. The Labute approximate surface area is 143 Å². The van der Waals surface area contributed by atoms with Crippen molar-refractivity contribution in [2.45, 2.75) is 38.6 Å². The molecule has 4 nitrogen and oxygen atoms in total. The van der Waals surface area contributed by atoms with Gasteiger partial charge in [-0.2, -0.15) is 0 Å². The van der Waals surface area contributed by atoms with Crippen molar-refractivity contribution in [3.8, 4) is 0 Å². The Morgan fingerprint density at radius 1 is 1.17 bits per heavy atom. The first kappa shape index (κ1) is 18.0. The van der Waals surface area contributed by atoms with Gasteiger partial charge in [0.15, 0.2) is 5.78 Å². The molecular weight excluding hydrogens is 312 g/mol. The third kappa shape index (κ3) is 4.12. The second-order valence-corrected chi connectivity index (χ2v) is 7.06. The van der Waals surface area contributed by atoms with Crippen molar-refractivity contribution in [2.75, 3.05) is 26.7 Å². The zero-order valence-corrected chi connectivity index (χ0v) is 14.9. The maximum absolute atomic E-state index is 12.8. The minimum Gasteiger partial charge on any atom is -0.332 e. The lowest BCUT2D eigenvalue weighted by atomic mass is 9.91. The summed E-state index contributed by atoms with van der Waals surface area (Å²) < 4.78 is 0. The number of halogens is 1. The normalized spacial score (nSPS) is 16.2. The van der Waals surface area contributed by atoms with Crippen molar-refractivity contribution < 1.29 is 9.59 Å². The predicted octanol–water partition coefficient (Wildman–Crippen LogP) is 3.25. The molecule has 1 fully saturated rings. The first-order valence-electron chi connectivity index (χ1n) is 8.12. The molecule has 1 saturated heterocycles. The first-order chi connectivity index (χ1) is 10.8.